The number of hydrogen-bond donors (Lipinski definition) is 4. The van der Waals surface area contributed by atoms with Gasteiger partial charge in [-0.3, -0.25) is 4.79 Å². The molecule has 2 aromatic heterocycles. The van der Waals surface area contributed by atoms with Crippen molar-refractivity contribution in [3.8, 4) is 10.6 Å². The monoisotopic (exact) mass is 443 g/mol. The first-order valence-corrected chi connectivity index (χ1v) is 11.4. The van der Waals surface area contributed by atoms with Crippen molar-refractivity contribution in [2.45, 2.75) is 39.5 Å². The van der Waals surface area contributed by atoms with Crippen molar-refractivity contribution < 1.29 is 15.0 Å². The standard InChI is InChI=1S/C22H29N5O3S/c1-3-15(13-28)10-12-23-20-19(21-26-16-7-4-5-8-17(16)31-21)14(2)25-22(27-20)24-11-6-9-18(29)30/h4-5,7-8,15,28H,3,6,9-13H2,1-2H3,(H,29,30)(H2,23,24,25,27). The van der Waals surface area contributed by atoms with Gasteiger partial charge >= 0.3 is 5.97 Å². The second kappa shape index (κ2) is 11.0. The molecule has 0 aliphatic rings. The third-order valence-electron chi connectivity index (χ3n) is 5.13. The number of nitrogens with one attached hydrogen (secondary N) is 2. The van der Waals surface area contributed by atoms with Crippen molar-refractivity contribution in [3.05, 3.63) is 30.0 Å². The van der Waals surface area contributed by atoms with Gasteiger partial charge in [0.1, 0.15) is 10.8 Å². The van der Waals surface area contributed by atoms with E-state index < -0.39 is 5.97 Å². The fraction of sp³-hybridized carbons (Fsp3) is 0.455. The number of thiazole rings is 1. The van der Waals surface area contributed by atoms with E-state index in [4.69, 9.17) is 10.1 Å². The zero-order chi connectivity index (χ0) is 22.2. The molecule has 0 fully saturated rings. The summed E-state index contributed by atoms with van der Waals surface area (Å²) in [4.78, 5) is 24.8. The topological polar surface area (TPSA) is 120 Å². The smallest absolute Gasteiger partial charge is 0.303 e. The molecule has 166 valence electrons. The average Bonchev–Trinajstić information content (AvgIpc) is 3.17. The van der Waals surface area contributed by atoms with Gasteiger partial charge in [-0.1, -0.05) is 25.5 Å². The lowest BCUT2D eigenvalue weighted by atomic mass is 10.0. The number of anilines is 2. The first-order valence-electron chi connectivity index (χ1n) is 10.6. The van der Waals surface area contributed by atoms with Crippen LogP contribution in [0.2, 0.25) is 0 Å². The van der Waals surface area contributed by atoms with Gasteiger partial charge in [-0.2, -0.15) is 4.98 Å². The molecule has 8 nitrogen and oxygen atoms in total. The maximum absolute atomic E-state index is 10.7. The van der Waals surface area contributed by atoms with E-state index in [9.17, 15) is 9.90 Å². The van der Waals surface area contributed by atoms with Crippen molar-refractivity contribution >= 4 is 39.3 Å². The number of aliphatic hydroxyl groups is 1. The van der Waals surface area contributed by atoms with Gasteiger partial charge in [0.05, 0.1) is 21.5 Å². The van der Waals surface area contributed by atoms with Crippen molar-refractivity contribution in [1.82, 2.24) is 15.0 Å². The summed E-state index contributed by atoms with van der Waals surface area (Å²) >= 11 is 1.60. The number of benzene rings is 1. The Labute approximate surface area is 185 Å². The summed E-state index contributed by atoms with van der Waals surface area (Å²) in [5.41, 5.74) is 2.61. The van der Waals surface area contributed by atoms with Gasteiger partial charge in [0.15, 0.2) is 0 Å². The van der Waals surface area contributed by atoms with Gasteiger partial charge in [0.25, 0.3) is 0 Å². The predicted molar refractivity (Wildman–Crippen MR) is 125 cm³/mol. The summed E-state index contributed by atoms with van der Waals surface area (Å²) in [5, 5.41) is 25.7. The van der Waals surface area contributed by atoms with E-state index in [2.05, 4.69) is 27.5 Å². The number of rotatable bonds is 12. The summed E-state index contributed by atoms with van der Waals surface area (Å²) in [7, 11) is 0. The van der Waals surface area contributed by atoms with E-state index in [1.807, 2.05) is 31.2 Å². The van der Waals surface area contributed by atoms with Crippen LogP contribution in [0, 0.1) is 12.8 Å². The van der Waals surface area contributed by atoms with Crippen molar-refractivity contribution in [3.63, 3.8) is 0 Å². The lowest BCUT2D eigenvalue weighted by Gasteiger charge is -2.16. The highest BCUT2D eigenvalue weighted by Crippen LogP contribution is 2.36. The molecule has 0 saturated heterocycles. The number of nitrogens with zero attached hydrogens (tertiary/aromatic N) is 3. The zero-order valence-electron chi connectivity index (χ0n) is 17.9. The lowest BCUT2D eigenvalue weighted by Crippen LogP contribution is -2.15. The second-order valence-corrected chi connectivity index (χ2v) is 8.47. The summed E-state index contributed by atoms with van der Waals surface area (Å²) < 4.78 is 1.10. The number of carboxylic acid groups (broad SMARTS) is 1. The molecule has 0 aliphatic heterocycles. The van der Waals surface area contributed by atoms with Gasteiger partial charge in [-0.05, 0) is 37.8 Å². The van der Waals surface area contributed by atoms with Gasteiger partial charge in [-0.25, -0.2) is 9.97 Å². The molecular formula is C22H29N5O3S. The number of aliphatic hydroxyl groups excluding tert-OH is 1. The molecule has 4 N–H and O–H groups in total. The van der Waals surface area contributed by atoms with Crippen LogP contribution in [0.1, 0.15) is 38.3 Å². The number of fused-ring (bicyclic) bond motifs is 1. The van der Waals surface area contributed by atoms with Crippen LogP contribution in [0.5, 0.6) is 0 Å². The Bertz CT molecular complexity index is 987. The Morgan fingerprint density at radius 3 is 2.68 bits per heavy atom. The highest BCUT2D eigenvalue weighted by molar-refractivity contribution is 7.21. The van der Waals surface area contributed by atoms with Crippen LogP contribution in [0.25, 0.3) is 20.8 Å². The van der Waals surface area contributed by atoms with Crippen LogP contribution in [-0.2, 0) is 4.79 Å². The summed E-state index contributed by atoms with van der Waals surface area (Å²) in [6.45, 7) is 5.32. The fourth-order valence-corrected chi connectivity index (χ4v) is 4.34. The molecule has 1 unspecified atom stereocenters. The van der Waals surface area contributed by atoms with Crippen LogP contribution in [0.3, 0.4) is 0 Å². The number of carbonyl (C=O) groups is 1. The number of aryl methyl sites for hydroxylation is 1. The molecule has 31 heavy (non-hydrogen) atoms. The Kier molecular flexibility index (Phi) is 8.13. The van der Waals surface area contributed by atoms with Gasteiger partial charge in [-0.15, -0.1) is 11.3 Å². The summed E-state index contributed by atoms with van der Waals surface area (Å²) in [6, 6.07) is 8.00. The third kappa shape index (κ3) is 6.11. The van der Waals surface area contributed by atoms with E-state index in [1.54, 1.807) is 11.3 Å². The molecule has 9 heteroatoms. The molecule has 0 aliphatic carbocycles. The molecule has 0 saturated carbocycles. The van der Waals surface area contributed by atoms with Crippen molar-refractivity contribution in [1.29, 1.82) is 0 Å². The first-order chi connectivity index (χ1) is 15.0. The van der Waals surface area contributed by atoms with E-state index in [0.717, 1.165) is 39.3 Å². The number of aliphatic carboxylic acids is 1. The Hall–Kier alpha value is -2.78. The lowest BCUT2D eigenvalue weighted by molar-refractivity contribution is -0.137. The first kappa shape index (κ1) is 22.9. The van der Waals surface area contributed by atoms with Gasteiger partial charge < -0.3 is 20.8 Å². The largest absolute Gasteiger partial charge is 0.481 e. The molecule has 3 rings (SSSR count). The molecule has 2 heterocycles. The molecule has 1 atom stereocenters. The molecule has 0 amide bonds. The molecule has 0 spiro atoms. The zero-order valence-corrected chi connectivity index (χ0v) is 18.7. The predicted octanol–water partition coefficient (Wildman–Crippen LogP) is 4.16. The maximum atomic E-state index is 10.7. The molecule has 1 aromatic carbocycles. The van der Waals surface area contributed by atoms with Gasteiger partial charge in [0.2, 0.25) is 5.95 Å². The molecular weight excluding hydrogens is 414 g/mol. The SMILES string of the molecule is CCC(CO)CCNc1nc(NCCCC(=O)O)nc(C)c1-c1nc2ccccc2s1. The van der Waals surface area contributed by atoms with Crippen LogP contribution in [0.15, 0.2) is 24.3 Å². The quantitative estimate of drug-likeness (QED) is 0.308. The van der Waals surface area contributed by atoms with E-state index in [1.165, 1.54) is 0 Å². The van der Waals surface area contributed by atoms with E-state index >= 15 is 0 Å². The minimum absolute atomic E-state index is 0.0977. The van der Waals surface area contributed by atoms with Gasteiger partial charge in [0, 0.05) is 26.1 Å². The Balaban J connectivity index is 1.87. The van der Waals surface area contributed by atoms with Crippen LogP contribution >= 0.6 is 11.3 Å². The minimum atomic E-state index is -0.818. The van der Waals surface area contributed by atoms with E-state index in [-0.39, 0.29) is 18.9 Å². The Morgan fingerprint density at radius 1 is 1.16 bits per heavy atom. The Morgan fingerprint density at radius 2 is 1.97 bits per heavy atom. The minimum Gasteiger partial charge on any atom is -0.481 e. The highest BCUT2D eigenvalue weighted by atomic mass is 32.1. The summed E-state index contributed by atoms with van der Waals surface area (Å²) in [5.74, 6) is 0.585. The number of carboxylic acids is 1. The number of aromatic nitrogens is 3. The number of hydrogen-bond acceptors (Lipinski definition) is 8. The second-order valence-electron chi connectivity index (χ2n) is 7.44. The average molecular weight is 444 g/mol. The molecule has 0 bridgehead atoms. The van der Waals surface area contributed by atoms with Crippen LogP contribution < -0.4 is 10.6 Å². The number of para-hydroxylation sites is 1. The van der Waals surface area contributed by atoms with Crippen molar-refractivity contribution in [2.24, 2.45) is 5.92 Å². The maximum Gasteiger partial charge on any atom is 0.303 e. The van der Waals surface area contributed by atoms with Crippen LogP contribution in [0.4, 0.5) is 11.8 Å². The third-order valence-corrected chi connectivity index (χ3v) is 6.18. The fourth-order valence-electron chi connectivity index (χ4n) is 3.27. The molecule has 3 aromatic rings. The highest BCUT2D eigenvalue weighted by Gasteiger charge is 2.18. The normalized spacial score (nSPS) is 12.1. The van der Waals surface area contributed by atoms with E-state index in [0.29, 0.717) is 31.3 Å². The van der Waals surface area contributed by atoms with Crippen molar-refractivity contribution in [2.75, 3.05) is 30.3 Å². The molecule has 0 radical (unpaired) electrons. The van der Waals surface area contributed by atoms with Crippen LogP contribution in [-0.4, -0.2) is 50.8 Å². The summed E-state index contributed by atoms with van der Waals surface area (Å²) in [6.07, 6.45) is 2.34.